The zero-order chi connectivity index (χ0) is 20.8. The van der Waals surface area contributed by atoms with Crippen molar-refractivity contribution in [3.8, 4) is 0 Å². The molecule has 7 heteroatoms. The molecule has 3 aromatic rings. The normalized spacial score (nSPS) is 10.9. The molecular formula is C22H28N4O3. The van der Waals surface area contributed by atoms with Gasteiger partial charge in [0.15, 0.2) is 0 Å². The molecule has 0 saturated carbocycles. The minimum absolute atomic E-state index is 0.298. The first-order chi connectivity index (χ1) is 14.0. The number of anilines is 2. The standard InChI is InChI=1S/C22H28N4O3/c1-5-26(17-11-8-7-9-12-17)14-10-13-23-20-19-18(22(27)28-6-2)15(3)29-21(19)25-16(4)24-20/h7-9,11-12H,5-6,10,13-14H2,1-4H3,(H,23,24,25). The zero-order valence-electron chi connectivity index (χ0n) is 17.5. The van der Waals surface area contributed by atoms with Gasteiger partial charge in [0.25, 0.3) is 0 Å². The summed E-state index contributed by atoms with van der Waals surface area (Å²) in [7, 11) is 0. The third-order valence-corrected chi connectivity index (χ3v) is 4.72. The first-order valence-electron chi connectivity index (χ1n) is 10.0. The van der Waals surface area contributed by atoms with Crippen molar-refractivity contribution in [1.29, 1.82) is 0 Å². The molecule has 0 radical (unpaired) electrons. The molecule has 1 aromatic carbocycles. The van der Waals surface area contributed by atoms with E-state index in [1.165, 1.54) is 5.69 Å². The molecule has 0 aliphatic heterocycles. The molecule has 7 nitrogen and oxygen atoms in total. The van der Waals surface area contributed by atoms with Gasteiger partial charge in [-0.05, 0) is 46.2 Å². The highest BCUT2D eigenvalue weighted by Crippen LogP contribution is 2.30. The molecule has 0 unspecified atom stereocenters. The number of esters is 1. The predicted molar refractivity (Wildman–Crippen MR) is 115 cm³/mol. The van der Waals surface area contributed by atoms with E-state index in [0.29, 0.717) is 47.2 Å². The van der Waals surface area contributed by atoms with Crippen LogP contribution >= 0.6 is 0 Å². The lowest BCUT2D eigenvalue weighted by molar-refractivity contribution is 0.0526. The molecule has 2 aromatic heterocycles. The van der Waals surface area contributed by atoms with Crippen molar-refractivity contribution in [2.24, 2.45) is 0 Å². The van der Waals surface area contributed by atoms with Gasteiger partial charge in [-0.2, -0.15) is 4.98 Å². The van der Waals surface area contributed by atoms with Gasteiger partial charge in [0.2, 0.25) is 5.71 Å². The van der Waals surface area contributed by atoms with Gasteiger partial charge in [0, 0.05) is 25.3 Å². The molecule has 0 bridgehead atoms. The van der Waals surface area contributed by atoms with Gasteiger partial charge in [0.05, 0.1) is 12.0 Å². The topological polar surface area (TPSA) is 80.5 Å². The first kappa shape index (κ1) is 20.6. The van der Waals surface area contributed by atoms with Crippen LogP contribution in [0.15, 0.2) is 34.7 Å². The van der Waals surface area contributed by atoms with Gasteiger partial charge in [0.1, 0.15) is 23.0 Å². The van der Waals surface area contributed by atoms with E-state index < -0.39 is 5.97 Å². The lowest BCUT2D eigenvalue weighted by Crippen LogP contribution is -2.25. The second-order valence-electron chi connectivity index (χ2n) is 6.75. The van der Waals surface area contributed by atoms with Crippen LogP contribution < -0.4 is 10.2 Å². The third-order valence-electron chi connectivity index (χ3n) is 4.72. The van der Waals surface area contributed by atoms with Crippen LogP contribution in [0.1, 0.15) is 42.2 Å². The Labute approximate surface area is 171 Å². The quantitative estimate of drug-likeness (QED) is 0.425. The summed E-state index contributed by atoms with van der Waals surface area (Å²) in [6, 6.07) is 10.4. The highest BCUT2D eigenvalue weighted by Gasteiger charge is 2.24. The van der Waals surface area contributed by atoms with E-state index in [1.807, 2.05) is 6.07 Å². The van der Waals surface area contributed by atoms with Crippen LogP contribution in [-0.2, 0) is 4.74 Å². The molecule has 0 saturated heterocycles. The summed E-state index contributed by atoms with van der Waals surface area (Å²) >= 11 is 0. The Morgan fingerprint density at radius 2 is 1.93 bits per heavy atom. The molecule has 0 aliphatic rings. The van der Waals surface area contributed by atoms with Crippen molar-refractivity contribution in [3.63, 3.8) is 0 Å². The summed E-state index contributed by atoms with van der Waals surface area (Å²) in [6.07, 6.45) is 0.916. The third kappa shape index (κ3) is 4.67. The highest BCUT2D eigenvalue weighted by atomic mass is 16.5. The smallest absolute Gasteiger partial charge is 0.342 e. The maximum Gasteiger partial charge on any atom is 0.342 e. The van der Waals surface area contributed by atoms with Crippen LogP contribution in [0.4, 0.5) is 11.5 Å². The number of para-hydroxylation sites is 1. The second kappa shape index (κ2) is 9.41. The number of nitrogens with one attached hydrogen (secondary N) is 1. The van der Waals surface area contributed by atoms with Crippen LogP contribution in [0, 0.1) is 13.8 Å². The van der Waals surface area contributed by atoms with Crippen LogP contribution in [-0.4, -0.2) is 42.2 Å². The molecule has 154 valence electrons. The van der Waals surface area contributed by atoms with Crippen molar-refractivity contribution < 1.29 is 13.9 Å². The van der Waals surface area contributed by atoms with E-state index in [0.717, 1.165) is 19.5 Å². The maximum absolute atomic E-state index is 12.4. The summed E-state index contributed by atoms with van der Waals surface area (Å²) in [6.45, 7) is 10.3. The second-order valence-corrected chi connectivity index (χ2v) is 6.75. The number of benzene rings is 1. The summed E-state index contributed by atoms with van der Waals surface area (Å²) in [4.78, 5) is 23.6. The number of carbonyl (C=O) groups is 1. The average molecular weight is 396 g/mol. The molecule has 0 aliphatic carbocycles. The van der Waals surface area contributed by atoms with Gasteiger partial charge < -0.3 is 19.4 Å². The first-order valence-corrected chi connectivity index (χ1v) is 10.0. The van der Waals surface area contributed by atoms with Crippen molar-refractivity contribution in [3.05, 3.63) is 47.5 Å². The van der Waals surface area contributed by atoms with Crippen LogP contribution in [0.5, 0.6) is 0 Å². The van der Waals surface area contributed by atoms with Gasteiger partial charge in [-0.15, -0.1) is 0 Å². The molecular weight excluding hydrogens is 368 g/mol. The fraction of sp³-hybridized carbons (Fsp3) is 0.409. The molecule has 0 spiro atoms. The number of furan rings is 1. The monoisotopic (exact) mass is 396 g/mol. The van der Waals surface area contributed by atoms with Gasteiger partial charge >= 0.3 is 5.97 Å². The summed E-state index contributed by atoms with van der Waals surface area (Å²) in [5, 5.41) is 3.95. The predicted octanol–water partition coefficient (Wildman–Crippen LogP) is 4.34. The minimum Gasteiger partial charge on any atom is -0.462 e. The Morgan fingerprint density at radius 3 is 2.62 bits per heavy atom. The fourth-order valence-electron chi connectivity index (χ4n) is 3.38. The molecule has 2 heterocycles. The van der Waals surface area contributed by atoms with Crippen LogP contribution in [0.2, 0.25) is 0 Å². The summed E-state index contributed by atoms with van der Waals surface area (Å²) in [5.41, 5.74) is 2.01. The number of aromatic nitrogens is 2. The number of carbonyl (C=O) groups excluding carboxylic acids is 1. The number of hydrogen-bond acceptors (Lipinski definition) is 7. The Hall–Kier alpha value is -3.09. The van der Waals surface area contributed by atoms with Crippen molar-refractivity contribution in [2.45, 2.75) is 34.1 Å². The Kier molecular flexibility index (Phi) is 6.69. The Balaban J connectivity index is 1.75. The van der Waals surface area contributed by atoms with Crippen LogP contribution in [0.3, 0.4) is 0 Å². The molecule has 0 atom stereocenters. The average Bonchev–Trinajstić information content (AvgIpc) is 3.04. The molecule has 0 fully saturated rings. The van der Waals surface area contributed by atoms with Gasteiger partial charge in [-0.1, -0.05) is 18.2 Å². The van der Waals surface area contributed by atoms with Crippen molar-refractivity contribution in [1.82, 2.24) is 9.97 Å². The number of ether oxygens (including phenoxy) is 1. The number of rotatable bonds is 9. The zero-order valence-corrected chi connectivity index (χ0v) is 17.5. The lowest BCUT2D eigenvalue weighted by Gasteiger charge is -2.23. The minimum atomic E-state index is -0.416. The summed E-state index contributed by atoms with van der Waals surface area (Å²) < 4.78 is 10.9. The Bertz CT molecular complexity index is 969. The van der Waals surface area contributed by atoms with E-state index in [2.05, 4.69) is 51.4 Å². The number of aryl methyl sites for hydroxylation is 2. The molecule has 0 amide bonds. The van der Waals surface area contributed by atoms with E-state index in [-0.39, 0.29) is 0 Å². The Morgan fingerprint density at radius 1 is 1.17 bits per heavy atom. The van der Waals surface area contributed by atoms with Crippen LogP contribution in [0.25, 0.3) is 11.1 Å². The number of fused-ring (bicyclic) bond motifs is 1. The van der Waals surface area contributed by atoms with Gasteiger partial charge in [-0.3, -0.25) is 0 Å². The van der Waals surface area contributed by atoms with E-state index in [1.54, 1.807) is 20.8 Å². The van der Waals surface area contributed by atoms with E-state index >= 15 is 0 Å². The molecule has 1 N–H and O–H groups in total. The van der Waals surface area contributed by atoms with Gasteiger partial charge in [-0.25, -0.2) is 9.78 Å². The van der Waals surface area contributed by atoms with E-state index in [9.17, 15) is 4.79 Å². The largest absolute Gasteiger partial charge is 0.462 e. The fourth-order valence-corrected chi connectivity index (χ4v) is 3.38. The number of nitrogens with zero attached hydrogens (tertiary/aromatic N) is 3. The SMILES string of the molecule is CCOC(=O)c1c(C)oc2nc(C)nc(NCCCN(CC)c3ccccc3)c12. The summed E-state index contributed by atoms with van der Waals surface area (Å²) in [5.74, 6) is 1.27. The maximum atomic E-state index is 12.4. The molecule has 3 rings (SSSR count). The lowest BCUT2D eigenvalue weighted by atomic mass is 10.2. The highest BCUT2D eigenvalue weighted by molar-refractivity contribution is 6.07. The van der Waals surface area contributed by atoms with Crippen molar-refractivity contribution >= 4 is 28.6 Å². The van der Waals surface area contributed by atoms with E-state index in [4.69, 9.17) is 9.15 Å². The van der Waals surface area contributed by atoms with Crippen molar-refractivity contribution in [2.75, 3.05) is 36.5 Å². The molecule has 29 heavy (non-hydrogen) atoms. The number of hydrogen-bond donors (Lipinski definition) is 1.